The summed E-state index contributed by atoms with van der Waals surface area (Å²) in [6, 6.07) is 11.0. The average molecular weight is 255 g/mol. The van der Waals surface area contributed by atoms with Crippen LogP contribution >= 0.6 is 0 Å². The van der Waals surface area contributed by atoms with E-state index in [-0.39, 0.29) is 0 Å². The summed E-state index contributed by atoms with van der Waals surface area (Å²) in [5, 5.41) is 3.20. The van der Waals surface area contributed by atoms with Crippen molar-refractivity contribution in [1.29, 1.82) is 0 Å². The SMILES string of the molecule is Cc1ccc(Nc2cc(C(N)=O)ccc2N)cc1C. The summed E-state index contributed by atoms with van der Waals surface area (Å²) in [5.41, 5.74) is 16.2. The van der Waals surface area contributed by atoms with Gasteiger partial charge < -0.3 is 16.8 Å². The van der Waals surface area contributed by atoms with Crippen molar-refractivity contribution in [2.75, 3.05) is 11.1 Å². The van der Waals surface area contributed by atoms with E-state index in [0.29, 0.717) is 16.9 Å². The molecule has 0 aliphatic rings. The first kappa shape index (κ1) is 13.0. The Labute approximate surface area is 112 Å². The van der Waals surface area contributed by atoms with Crippen molar-refractivity contribution in [3.63, 3.8) is 0 Å². The van der Waals surface area contributed by atoms with Crippen LogP contribution in [0.1, 0.15) is 21.5 Å². The smallest absolute Gasteiger partial charge is 0.248 e. The Balaban J connectivity index is 2.34. The monoisotopic (exact) mass is 255 g/mol. The Kier molecular flexibility index (Phi) is 3.42. The summed E-state index contributed by atoms with van der Waals surface area (Å²) in [6.45, 7) is 4.10. The molecule has 0 aliphatic carbocycles. The summed E-state index contributed by atoms with van der Waals surface area (Å²) in [6.07, 6.45) is 0. The third kappa shape index (κ3) is 2.85. The van der Waals surface area contributed by atoms with Gasteiger partial charge in [0.15, 0.2) is 0 Å². The topological polar surface area (TPSA) is 81.1 Å². The van der Waals surface area contributed by atoms with Crippen molar-refractivity contribution >= 4 is 23.0 Å². The molecule has 1 amide bonds. The summed E-state index contributed by atoms with van der Waals surface area (Å²) in [7, 11) is 0. The molecule has 0 atom stereocenters. The van der Waals surface area contributed by atoms with Crippen LogP contribution in [0.4, 0.5) is 17.1 Å². The van der Waals surface area contributed by atoms with Gasteiger partial charge in [0.25, 0.3) is 0 Å². The highest BCUT2D eigenvalue weighted by Crippen LogP contribution is 2.25. The van der Waals surface area contributed by atoms with Crippen molar-refractivity contribution in [1.82, 2.24) is 0 Å². The lowest BCUT2D eigenvalue weighted by molar-refractivity contribution is 0.100. The summed E-state index contributed by atoms with van der Waals surface area (Å²) in [4.78, 5) is 11.2. The van der Waals surface area contributed by atoms with Gasteiger partial charge in [-0.15, -0.1) is 0 Å². The maximum Gasteiger partial charge on any atom is 0.248 e. The number of carbonyl (C=O) groups is 1. The molecule has 0 radical (unpaired) electrons. The van der Waals surface area contributed by atoms with Crippen LogP contribution in [0.3, 0.4) is 0 Å². The molecule has 4 heteroatoms. The predicted molar refractivity (Wildman–Crippen MR) is 78.6 cm³/mol. The predicted octanol–water partition coefficient (Wildman–Crippen LogP) is 2.73. The molecule has 2 aromatic rings. The normalized spacial score (nSPS) is 10.2. The molecule has 0 fully saturated rings. The highest BCUT2D eigenvalue weighted by molar-refractivity contribution is 5.95. The van der Waals surface area contributed by atoms with Crippen LogP contribution < -0.4 is 16.8 Å². The molecule has 5 N–H and O–H groups in total. The lowest BCUT2D eigenvalue weighted by atomic mass is 10.1. The Morgan fingerprint density at radius 1 is 1.05 bits per heavy atom. The molecule has 2 aromatic carbocycles. The standard InChI is InChI=1S/C15H17N3O/c1-9-3-5-12(7-10(9)2)18-14-8-11(15(17)19)4-6-13(14)16/h3-8,18H,16H2,1-2H3,(H2,17,19). The van der Waals surface area contributed by atoms with Gasteiger partial charge in [-0.3, -0.25) is 4.79 Å². The molecule has 0 heterocycles. The first-order chi connectivity index (χ1) is 8.97. The van der Waals surface area contributed by atoms with Crippen LogP contribution in [0.15, 0.2) is 36.4 Å². The minimum atomic E-state index is -0.469. The van der Waals surface area contributed by atoms with Crippen LogP contribution in [0.5, 0.6) is 0 Å². The van der Waals surface area contributed by atoms with Crippen molar-refractivity contribution in [2.24, 2.45) is 5.73 Å². The molecule has 4 nitrogen and oxygen atoms in total. The summed E-state index contributed by atoms with van der Waals surface area (Å²) in [5.74, 6) is -0.469. The Hall–Kier alpha value is -2.49. The first-order valence-corrected chi connectivity index (χ1v) is 6.01. The van der Waals surface area contributed by atoms with E-state index in [1.54, 1.807) is 18.2 Å². The van der Waals surface area contributed by atoms with E-state index in [1.807, 2.05) is 25.1 Å². The third-order valence-electron chi connectivity index (χ3n) is 3.12. The molecule has 2 rings (SSSR count). The lowest BCUT2D eigenvalue weighted by Gasteiger charge is -2.12. The summed E-state index contributed by atoms with van der Waals surface area (Å²) < 4.78 is 0. The van der Waals surface area contributed by atoms with E-state index >= 15 is 0 Å². The van der Waals surface area contributed by atoms with Crippen LogP contribution in [0, 0.1) is 13.8 Å². The Morgan fingerprint density at radius 3 is 2.42 bits per heavy atom. The van der Waals surface area contributed by atoms with Crippen LogP contribution in [0.25, 0.3) is 0 Å². The second-order valence-corrected chi connectivity index (χ2v) is 4.59. The number of nitrogens with two attached hydrogens (primary N) is 2. The van der Waals surface area contributed by atoms with Crippen LogP contribution in [0.2, 0.25) is 0 Å². The number of hydrogen-bond acceptors (Lipinski definition) is 3. The fourth-order valence-electron chi connectivity index (χ4n) is 1.79. The van der Waals surface area contributed by atoms with Crippen LogP contribution in [-0.2, 0) is 0 Å². The zero-order valence-corrected chi connectivity index (χ0v) is 11.0. The molecule has 0 bridgehead atoms. The third-order valence-corrected chi connectivity index (χ3v) is 3.12. The van der Waals surface area contributed by atoms with Gasteiger partial charge in [0.1, 0.15) is 0 Å². The van der Waals surface area contributed by atoms with Crippen molar-refractivity contribution in [3.05, 3.63) is 53.1 Å². The molecule has 19 heavy (non-hydrogen) atoms. The molecule has 0 saturated heterocycles. The Morgan fingerprint density at radius 2 is 1.79 bits per heavy atom. The number of rotatable bonds is 3. The zero-order chi connectivity index (χ0) is 14.0. The Bertz CT molecular complexity index is 635. The largest absolute Gasteiger partial charge is 0.397 e. The molecule has 98 valence electrons. The van der Waals surface area contributed by atoms with Crippen molar-refractivity contribution < 1.29 is 4.79 Å². The van der Waals surface area contributed by atoms with Gasteiger partial charge in [0.05, 0.1) is 11.4 Å². The molecular formula is C15H17N3O. The average Bonchev–Trinajstić information content (AvgIpc) is 2.36. The van der Waals surface area contributed by atoms with Gasteiger partial charge in [-0.1, -0.05) is 6.07 Å². The number of nitrogen functional groups attached to an aromatic ring is 1. The van der Waals surface area contributed by atoms with Crippen molar-refractivity contribution in [2.45, 2.75) is 13.8 Å². The number of hydrogen-bond donors (Lipinski definition) is 3. The van der Waals surface area contributed by atoms with Gasteiger partial charge in [-0.2, -0.15) is 0 Å². The number of anilines is 3. The van der Waals surface area contributed by atoms with Crippen molar-refractivity contribution in [3.8, 4) is 0 Å². The number of amides is 1. The minimum absolute atomic E-state index is 0.431. The molecule has 0 aliphatic heterocycles. The van der Waals surface area contributed by atoms with E-state index in [1.165, 1.54) is 11.1 Å². The zero-order valence-electron chi connectivity index (χ0n) is 11.0. The molecule has 0 saturated carbocycles. The highest BCUT2D eigenvalue weighted by Gasteiger charge is 2.06. The van der Waals surface area contributed by atoms with E-state index in [4.69, 9.17) is 11.5 Å². The van der Waals surface area contributed by atoms with Gasteiger partial charge in [-0.05, 0) is 55.3 Å². The highest BCUT2D eigenvalue weighted by atomic mass is 16.1. The van der Waals surface area contributed by atoms with E-state index < -0.39 is 5.91 Å². The minimum Gasteiger partial charge on any atom is -0.397 e. The first-order valence-electron chi connectivity index (χ1n) is 6.01. The number of carbonyl (C=O) groups excluding carboxylic acids is 1. The molecule has 0 unspecified atom stereocenters. The van der Waals surface area contributed by atoms with E-state index in [2.05, 4.69) is 12.2 Å². The van der Waals surface area contributed by atoms with E-state index in [9.17, 15) is 4.79 Å². The maximum atomic E-state index is 11.2. The molecule has 0 spiro atoms. The lowest BCUT2D eigenvalue weighted by Crippen LogP contribution is -2.11. The number of nitrogens with one attached hydrogen (secondary N) is 1. The fourth-order valence-corrected chi connectivity index (χ4v) is 1.79. The van der Waals surface area contributed by atoms with Crippen LogP contribution in [-0.4, -0.2) is 5.91 Å². The second kappa shape index (κ2) is 5.02. The van der Waals surface area contributed by atoms with E-state index in [0.717, 1.165) is 5.69 Å². The number of primary amides is 1. The number of benzene rings is 2. The second-order valence-electron chi connectivity index (χ2n) is 4.59. The summed E-state index contributed by atoms with van der Waals surface area (Å²) >= 11 is 0. The molecular weight excluding hydrogens is 238 g/mol. The van der Waals surface area contributed by atoms with Gasteiger partial charge >= 0.3 is 0 Å². The fraction of sp³-hybridized carbons (Fsp3) is 0.133. The quantitative estimate of drug-likeness (QED) is 0.737. The number of aryl methyl sites for hydroxylation is 2. The maximum absolute atomic E-state index is 11.2. The molecule has 0 aromatic heterocycles. The van der Waals surface area contributed by atoms with Gasteiger partial charge in [0.2, 0.25) is 5.91 Å². The van der Waals surface area contributed by atoms with Gasteiger partial charge in [0, 0.05) is 11.3 Å². The van der Waals surface area contributed by atoms with Gasteiger partial charge in [-0.25, -0.2) is 0 Å².